The van der Waals surface area contributed by atoms with Crippen LogP contribution in [0, 0.1) is 18.3 Å². The Labute approximate surface area is 71.8 Å². The van der Waals surface area contributed by atoms with Gasteiger partial charge in [0.25, 0.3) is 0 Å². The van der Waals surface area contributed by atoms with Gasteiger partial charge in [-0.2, -0.15) is 0 Å². The largest absolute Gasteiger partial charge is 0.252 e. The SMILES string of the molecule is C#CCc1cn(CC2CC2)nn1. The molecule has 3 nitrogen and oxygen atoms in total. The minimum Gasteiger partial charge on any atom is -0.252 e. The Kier molecular flexibility index (Phi) is 1.83. The number of aromatic nitrogens is 3. The van der Waals surface area contributed by atoms with Gasteiger partial charge < -0.3 is 0 Å². The summed E-state index contributed by atoms with van der Waals surface area (Å²) >= 11 is 0. The molecule has 0 spiro atoms. The summed E-state index contributed by atoms with van der Waals surface area (Å²) in [5, 5.41) is 7.94. The summed E-state index contributed by atoms with van der Waals surface area (Å²) in [5.41, 5.74) is 0.901. The summed E-state index contributed by atoms with van der Waals surface area (Å²) in [5.74, 6) is 3.39. The molecular formula is C9H11N3. The maximum atomic E-state index is 5.16. The van der Waals surface area contributed by atoms with E-state index < -0.39 is 0 Å². The van der Waals surface area contributed by atoms with E-state index in [-0.39, 0.29) is 0 Å². The van der Waals surface area contributed by atoms with E-state index in [2.05, 4.69) is 16.2 Å². The molecule has 0 saturated heterocycles. The van der Waals surface area contributed by atoms with Crippen LogP contribution in [0.4, 0.5) is 0 Å². The highest BCUT2D eigenvalue weighted by molar-refractivity contribution is 5.04. The Morgan fingerprint density at radius 1 is 1.67 bits per heavy atom. The van der Waals surface area contributed by atoms with E-state index in [1.54, 1.807) is 0 Å². The lowest BCUT2D eigenvalue weighted by Crippen LogP contribution is -1.99. The summed E-state index contributed by atoms with van der Waals surface area (Å²) in [6.07, 6.45) is 10.4. The third-order valence-corrected chi connectivity index (χ3v) is 2.01. The Morgan fingerprint density at radius 2 is 2.50 bits per heavy atom. The second-order valence-electron chi connectivity index (χ2n) is 3.26. The minimum absolute atomic E-state index is 0.588. The van der Waals surface area contributed by atoms with Crippen molar-refractivity contribution < 1.29 is 0 Å². The van der Waals surface area contributed by atoms with Crippen LogP contribution in [0.2, 0.25) is 0 Å². The van der Waals surface area contributed by atoms with E-state index in [4.69, 9.17) is 6.42 Å². The van der Waals surface area contributed by atoms with Crippen molar-refractivity contribution in [2.75, 3.05) is 0 Å². The number of rotatable bonds is 3. The van der Waals surface area contributed by atoms with Crippen LogP contribution < -0.4 is 0 Å². The van der Waals surface area contributed by atoms with Crippen LogP contribution in [0.25, 0.3) is 0 Å². The third kappa shape index (κ3) is 1.65. The van der Waals surface area contributed by atoms with Crippen LogP contribution in [0.1, 0.15) is 18.5 Å². The second kappa shape index (κ2) is 2.98. The molecule has 0 aromatic carbocycles. The maximum absolute atomic E-state index is 5.16. The smallest absolute Gasteiger partial charge is 0.0945 e. The van der Waals surface area contributed by atoms with Crippen molar-refractivity contribution in [3.63, 3.8) is 0 Å². The Hall–Kier alpha value is -1.30. The number of hydrogen-bond donors (Lipinski definition) is 0. The van der Waals surface area contributed by atoms with Crippen molar-refractivity contribution in [3.05, 3.63) is 11.9 Å². The lowest BCUT2D eigenvalue weighted by Gasteiger charge is -1.93. The van der Waals surface area contributed by atoms with E-state index >= 15 is 0 Å². The standard InChI is InChI=1S/C9H11N3/c1-2-3-9-7-12(11-10-9)6-8-4-5-8/h1,7-8H,3-6H2. The first-order valence-corrected chi connectivity index (χ1v) is 4.21. The predicted octanol–water partition coefficient (Wildman–Crippen LogP) is 0.864. The molecular weight excluding hydrogens is 150 g/mol. The van der Waals surface area contributed by atoms with E-state index in [0.717, 1.165) is 18.2 Å². The van der Waals surface area contributed by atoms with Gasteiger partial charge in [-0.15, -0.1) is 17.4 Å². The molecule has 1 aliphatic rings. The molecule has 1 aliphatic carbocycles. The van der Waals surface area contributed by atoms with Gasteiger partial charge >= 0.3 is 0 Å². The van der Waals surface area contributed by atoms with Crippen molar-refractivity contribution in [2.45, 2.75) is 25.8 Å². The van der Waals surface area contributed by atoms with Crippen LogP contribution in [0.3, 0.4) is 0 Å². The van der Waals surface area contributed by atoms with E-state index in [0.29, 0.717) is 6.42 Å². The Morgan fingerprint density at radius 3 is 3.17 bits per heavy atom. The van der Waals surface area contributed by atoms with Crippen molar-refractivity contribution in [2.24, 2.45) is 5.92 Å². The molecule has 0 bridgehead atoms. The first-order chi connectivity index (χ1) is 5.88. The van der Waals surface area contributed by atoms with E-state index in [1.165, 1.54) is 12.8 Å². The van der Waals surface area contributed by atoms with Gasteiger partial charge in [0, 0.05) is 12.7 Å². The molecule has 1 fully saturated rings. The van der Waals surface area contributed by atoms with Gasteiger partial charge in [-0.3, -0.25) is 4.68 Å². The first-order valence-electron chi connectivity index (χ1n) is 4.21. The molecule has 2 rings (SSSR count). The molecule has 12 heavy (non-hydrogen) atoms. The molecule has 1 heterocycles. The fraction of sp³-hybridized carbons (Fsp3) is 0.556. The fourth-order valence-electron chi connectivity index (χ4n) is 1.18. The monoisotopic (exact) mass is 161 g/mol. The molecule has 62 valence electrons. The average molecular weight is 161 g/mol. The zero-order chi connectivity index (χ0) is 8.39. The quantitative estimate of drug-likeness (QED) is 0.616. The number of nitrogens with zero attached hydrogens (tertiary/aromatic N) is 3. The minimum atomic E-state index is 0.588. The van der Waals surface area contributed by atoms with Gasteiger partial charge in [-0.1, -0.05) is 5.21 Å². The highest BCUT2D eigenvalue weighted by atomic mass is 15.4. The summed E-state index contributed by atoms with van der Waals surface area (Å²) < 4.78 is 1.89. The van der Waals surface area contributed by atoms with Crippen LogP contribution >= 0.6 is 0 Å². The molecule has 1 aromatic rings. The summed E-state index contributed by atoms with van der Waals surface area (Å²) in [6, 6.07) is 0. The Bertz CT molecular complexity index is 304. The van der Waals surface area contributed by atoms with Crippen molar-refractivity contribution in [1.29, 1.82) is 0 Å². The molecule has 0 atom stereocenters. The second-order valence-corrected chi connectivity index (χ2v) is 3.26. The van der Waals surface area contributed by atoms with Gasteiger partial charge in [-0.05, 0) is 18.8 Å². The normalized spacial score (nSPS) is 15.9. The van der Waals surface area contributed by atoms with Crippen molar-refractivity contribution in [3.8, 4) is 12.3 Å². The molecule has 0 amide bonds. The van der Waals surface area contributed by atoms with Gasteiger partial charge in [0.1, 0.15) is 0 Å². The Balaban J connectivity index is 1.98. The topological polar surface area (TPSA) is 30.7 Å². The van der Waals surface area contributed by atoms with E-state index in [1.807, 2.05) is 10.9 Å². The van der Waals surface area contributed by atoms with Crippen molar-refractivity contribution in [1.82, 2.24) is 15.0 Å². The summed E-state index contributed by atoms with van der Waals surface area (Å²) in [6.45, 7) is 1.01. The highest BCUT2D eigenvalue weighted by Gasteiger charge is 2.22. The van der Waals surface area contributed by atoms with E-state index in [9.17, 15) is 0 Å². The van der Waals surface area contributed by atoms with Crippen LogP contribution in [0.5, 0.6) is 0 Å². The summed E-state index contributed by atoms with van der Waals surface area (Å²) in [4.78, 5) is 0. The number of terminal acetylenes is 1. The van der Waals surface area contributed by atoms with Crippen LogP contribution in [-0.2, 0) is 13.0 Å². The average Bonchev–Trinajstić information content (AvgIpc) is 2.74. The van der Waals surface area contributed by atoms with Gasteiger partial charge in [-0.25, -0.2) is 0 Å². The molecule has 0 radical (unpaired) electrons. The fourth-order valence-corrected chi connectivity index (χ4v) is 1.18. The molecule has 0 N–H and O–H groups in total. The lowest BCUT2D eigenvalue weighted by atomic mass is 10.3. The maximum Gasteiger partial charge on any atom is 0.0945 e. The van der Waals surface area contributed by atoms with Crippen molar-refractivity contribution >= 4 is 0 Å². The molecule has 0 unspecified atom stereocenters. The number of hydrogen-bond acceptors (Lipinski definition) is 2. The van der Waals surface area contributed by atoms with Gasteiger partial charge in [0.05, 0.1) is 12.1 Å². The zero-order valence-electron chi connectivity index (χ0n) is 6.90. The molecule has 1 saturated carbocycles. The summed E-state index contributed by atoms with van der Waals surface area (Å²) in [7, 11) is 0. The predicted molar refractivity (Wildman–Crippen MR) is 45.3 cm³/mol. The molecule has 0 aliphatic heterocycles. The molecule has 1 aromatic heterocycles. The third-order valence-electron chi connectivity index (χ3n) is 2.01. The zero-order valence-corrected chi connectivity index (χ0v) is 6.90. The molecule has 3 heteroatoms. The van der Waals surface area contributed by atoms with Gasteiger partial charge in [0.15, 0.2) is 0 Å². The van der Waals surface area contributed by atoms with Crippen LogP contribution in [-0.4, -0.2) is 15.0 Å². The lowest BCUT2D eigenvalue weighted by molar-refractivity contribution is 0.544. The van der Waals surface area contributed by atoms with Gasteiger partial charge in [0.2, 0.25) is 0 Å². The van der Waals surface area contributed by atoms with Crippen LogP contribution in [0.15, 0.2) is 6.20 Å². The highest BCUT2D eigenvalue weighted by Crippen LogP contribution is 2.30. The first kappa shape index (κ1) is 7.35.